The van der Waals surface area contributed by atoms with Gasteiger partial charge in [-0.25, -0.2) is 8.42 Å². The fourth-order valence-corrected chi connectivity index (χ4v) is 3.34. The van der Waals surface area contributed by atoms with E-state index >= 15 is 0 Å². The fourth-order valence-electron chi connectivity index (χ4n) is 1.92. The largest absolute Gasteiger partial charge is 0.506 e. The van der Waals surface area contributed by atoms with Crippen LogP contribution in [-0.4, -0.2) is 13.5 Å². The lowest BCUT2D eigenvalue weighted by Gasteiger charge is -2.11. The van der Waals surface area contributed by atoms with Crippen molar-refractivity contribution in [2.24, 2.45) is 0 Å². The molecule has 4 heteroatoms. The quantitative estimate of drug-likeness (QED) is 0.818. The second-order valence-corrected chi connectivity index (χ2v) is 6.39. The van der Waals surface area contributed by atoms with Gasteiger partial charge in [0.1, 0.15) is 10.6 Å². The SMILES string of the molecule is CC1=Cc2ccc(C(C)C)c(O)c2S1(=O)=O. The smallest absolute Gasteiger partial charge is 0.206 e. The van der Waals surface area contributed by atoms with Crippen LogP contribution in [0.3, 0.4) is 0 Å². The summed E-state index contributed by atoms with van der Waals surface area (Å²) < 4.78 is 23.9. The predicted molar refractivity (Wildman–Crippen MR) is 63.0 cm³/mol. The lowest BCUT2D eigenvalue weighted by molar-refractivity contribution is 0.449. The van der Waals surface area contributed by atoms with Crippen molar-refractivity contribution in [3.05, 3.63) is 28.2 Å². The van der Waals surface area contributed by atoms with Gasteiger partial charge in [-0.1, -0.05) is 26.0 Å². The highest BCUT2D eigenvalue weighted by Crippen LogP contribution is 2.42. The van der Waals surface area contributed by atoms with Crippen molar-refractivity contribution in [2.75, 3.05) is 0 Å². The van der Waals surface area contributed by atoms with Crippen LogP contribution in [0.4, 0.5) is 0 Å². The third-order valence-corrected chi connectivity index (χ3v) is 4.80. The third kappa shape index (κ3) is 1.37. The van der Waals surface area contributed by atoms with E-state index in [1.54, 1.807) is 25.1 Å². The number of rotatable bonds is 1. The number of phenols is 1. The number of aromatic hydroxyl groups is 1. The highest BCUT2D eigenvalue weighted by Gasteiger charge is 2.31. The highest BCUT2D eigenvalue weighted by molar-refractivity contribution is 7.95. The summed E-state index contributed by atoms with van der Waals surface area (Å²) in [6.45, 7) is 5.39. The first-order valence-electron chi connectivity index (χ1n) is 5.15. The molecule has 0 aliphatic carbocycles. The first-order valence-corrected chi connectivity index (χ1v) is 6.63. The van der Waals surface area contributed by atoms with Crippen LogP contribution in [0.5, 0.6) is 5.75 Å². The molecule has 0 amide bonds. The predicted octanol–water partition coefficient (Wildman–Crippen LogP) is 2.66. The maximum atomic E-state index is 12.0. The topological polar surface area (TPSA) is 54.4 Å². The first-order chi connectivity index (χ1) is 7.35. The molecule has 1 aliphatic rings. The summed E-state index contributed by atoms with van der Waals surface area (Å²) >= 11 is 0. The summed E-state index contributed by atoms with van der Waals surface area (Å²) in [4.78, 5) is 0.356. The van der Waals surface area contributed by atoms with Crippen LogP contribution in [0.2, 0.25) is 0 Å². The van der Waals surface area contributed by atoms with Gasteiger partial charge in [-0.3, -0.25) is 0 Å². The van der Waals surface area contributed by atoms with E-state index in [0.717, 1.165) is 0 Å². The number of fused-ring (bicyclic) bond motifs is 1. The number of hydrogen-bond acceptors (Lipinski definition) is 3. The zero-order valence-corrected chi connectivity index (χ0v) is 10.3. The molecule has 0 aromatic heterocycles. The molecule has 0 fully saturated rings. The number of benzene rings is 1. The van der Waals surface area contributed by atoms with Gasteiger partial charge in [0.15, 0.2) is 0 Å². The van der Waals surface area contributed by atoms with Crippen LogP contribution in [0.25, 0.3) is 6.08 Å². The molecule has 0 atom stereocenters. The molecule has 1 heterocycles. The van der Waals surface area contributed by atoms with Gasteiger partial charge in [0.05, 0.1) is 0 Å². The van der Waals surface area contributed by atoms with E-state index in [1.807, 2.05) is 13.8 Å². The van der Waals surface area contributed by atoms with Gasteiger partial charge in [0, 0.05) is 4.91 Å². The molecule has 0 saturated heterocycles. The molecule has 16 heavy (non-hydrogen) atoms. The minimum Gasteiger partial charge on any atom is -0.506 e. The van der Waals surface area contributed by atoms with Gasteiger partial charge >= 0.3 is 0 Å². The van der Waals surface area contributed by atoms with Gasteiger partial charge in [0.2, 0.25) is 9.84 Å². The average molecular weight is 238 g/mol. The molecule has 1 aromatic rings. The maximum Gasteiger partial charge on any atom is 0.206 e. The number of allylic oxidation sites excluding steroid dienone is 1. The van der Waals surface area contributed by atoms with Gasteiger partial charge < -0.3 is 5.11 Å². The Morgan fingerprint density at radius 3 is 2.44 bits per heavy atom. The van der Waals surface area contributed by atoms with E-state index in [1.165, 1.54) is 0 Å². The van der Waals surface area contributed by atoms with Crippen molar-refractivity contribution in [3.8, 4) is 5.75 Å². The maximum absolute atomic E-state index is 12.0. The van der Waals surface area contributed by atoms with Gasteiger partial charge in [0.25, 0.3) is 0 Å². The molecule has 1 N–H and O–H groups in total. The Morgan fingerprint density at radius 1 is 1.25 bits per heavy atom. The molecular formula is C12H14O3S. The lowest BCUT2D eigenvalue weighted by atomic mass is 10.0. The molecule has 86 valence electrons. The van der Waals surface area contributed by atoms with Crippen molar-refractivity contribution < 1.29 is 13.5 Å². The van der Waals surface area contributed by atoms with E-state index in [0.29, 0.717) is 16.0 Å². The van der Waals surface area contributed by atoms with E-state index in [-0.39, 0.29) is 16.6 Å². The van der Waals surface area contributed by atoms with Crippen molar-refractivity contribution in [3.63, 3.8) is 0 Å². The molecule has 1 aromatic carbocycles. The van der Waals surface area contributed by atoms with E-state index < -0.39 is 9.84 Å². The van der Waals surface area contributed by atoms with Gasteiger partial charge in [-0.2, -0.15) is 0 Å². The second-order valence-electron chi connectivity index (χ2n) is 4.33. The zero-order chi connectivity index (χ0) is 12.1. The second kappa shape index (κ2) is 3.35. The molecule has 0 radical (unpaired) electrons. The summed E-state index contributed by atoms with van der Waals surface area (Å²) in [7, 11) is -3.46. The van der Waals surface area contributed by atoms with Crippen LogP contribution < -0.4 is 0 Å². The Labute approximate surface area is 95.3 Å². The highest BCUT2D eigenvalue weighted by atomic mass is 32.2. The van der Waals surface area contributed by atoms with Crippen molar-refractivity contribution in [2.45, 2.75) is 31.6 Å². The molecule has 2 rings (SSSR count). The lowest BCUT2D eigenvalue weighted by Crippen LogP contribution is -2.01. The molecule has 1 aliphatic heterocycles. The summed E-state index contributed by atoms with van der Waals surface area (Å²) in [6, 6.07) is 3.53. The molecule has 0 saturated carbocycles. The molecule has 0 spiro atoms. The number of hydrogen-bond donors (Lipinski definition) is 1. The Balaban J connectivity index is 2.78. The summed E-state index contributed by atoms with van der Waals surface area (Å²) in [5.74, 6) is 0.00186. The fraction of sp³-hybridized carbons (Fsp3) is 0.333. The summed E-state index contributed by atoms with van der Waals surface area (Å²) in [5.41, 5.74) is 1.25. The van der Waals surface area contributed by atoms with E-state index in [9.17, 15) is 13.5 Å². The van der Waals surface area contributed by atoms with Gasteiger partial charge in [-0.05, 0) is 30.0 Å². The molecule has 3 nitrogen and oxygen atoms in total. The van der Waals surface area contributed by atoms with Crippen LogP contribution in [0, 0.1) is 0 Å². The molecular weight excluding hydrogens is 224 g/mol. The molecule has 0 unspecified atom stereocenters. The van der Waals surface area contributed by atoms with Crippen molar-refractivity contribution >= 4 is 15.9 Å². The molecule has 0 bridgehead atoms. The zero-order valence-electron chi connectivity index (χ0n) is 9.48. The summed E-state index contributed by atoms with van der Waals surface area (Å²) in [5, 5.41) is 10.0. The Hall–Kier alpha value is -1.29. The van der Waals surface area contributed by atoms with Crippen LogP contribution in [0.1, 0.15) is 37.8 Å². The van der Waals surface area contributed by atoms with Gasteiger partial charge in [-0.15, -0.1) is 0 Å². The summed E-state index contributed by atoms with van der Waals surface area (Å²) in [6.07, 6.45) is 1.59. The minimum absolute atomic E-state index is 0.0659. The third-order valence-electron chi connectivity index (χ3n) is 2.87. The first kappa shape index (κ1) is 11.2. The Kier molecular flexibility index (Phi) is 2.35. The van der Waals surface area contributed by atoms with Crippen molar-refractivity contribution in [1.82, 2.24) is 0 Å². The average Bonchev–Trinajstić information content (AvgIpc) is 2.38. The van der Waals surface area contributed by atoms with E-state index in [4.69, 9.17) is 0 Å². The van der Waals surface area contributed by atoms with Crippen LogP contribution >= 0.6 is 0 Å². The van der Waals surface area contributed by atoms with E-state index in [2.05, 4.69) is 0 Å². The number of phenolic OH excluding ortho intramolecular Hbond substituents is 1. The van der Waals surface area contributed by atoms with Crippen molar-refractivity contribution in [1.29, 1.82) is 0 Å². The normalized spacial score (nSPS) is 17.4. The van der Waals surface area contributed by atoms with Crippen LogP contribution in [-0.2, 0) is 9.84 Å². The van der Waals surface area contributed by atoms with Crippen LogP contribution in [0.15, 0.2) is 21.9 Å². The monoisotopic (exact) mass is 238 g/mol. The Bertz CT molecular complexity index is 581. The standard InChI is InChI=1S/C12H14O3S/c1-7(2)10-5-4-9-6-8(3)16(14,15)12(9)11(10)13/h4-7,13H,1-3H3. The minimum atomic E-state index is -3.46. The number of sulfone groups is 1. The Morgan fingerprint density at radius 2 is 1.88 bits per heavy atom.